The third-order valence-electron chi connectivity index (χ3n) is 5.14. The largest absolute Gasteiger partial charge is 0.390 e. The predicted octanol–water partition coefficient (Wildman–Crippen LogP) is 0.506. The Morgan fingerprint density at radius 2 is 2.00 bits per heavy atom. The molecule has 1 spiro atoms. The summed E-state index contributed by atoms with van der Waals surface area (Å²) in [6, 6.07) is 0. The molecule has 0 bridgehead atoms. The first-order valence-corrected chi connectivity index (χ1v) is 6.26. The van der Waals surface area contributed by atoms with E-state index in [2.05, 4.69) is 12.2 Å². The van der Waals surface area contributed by atoms with Gasteiger partial charge in [0.05, 0.1) is 12.2 Å². The van der Waals surface area contributed by atoms with Crippen molar-refractivity contribution in [2.75, 3.05) is 6.54 Å². The highest BCUT2D eigenvalue weighted by Crippen LogP contribution is 2.59. The summed E-state index contributed by atoms with van der Waals surface area (Å²) < 4.78 is 0. The van der Waals surface area contributed by atoms with Crippen molar-refractivity contribution in [2.24, 2.45) is 17.8 Å². The summed E-state index contributed by atoms with van der Waals surface area (Å²) in [6.07, 6.45) is 4.24. The molecule has 3 fully saturated rings. The molecule has 3 nitrogen and oxygen atoms in total. The Bertz CT molecular complexity index is 266. The van der Waals surface area contributed by atoms with E-state index < -0.39 is 12.2 Å². The van der Waals surface area contributed by atoms with Crippen LogP contribution in [0.15, 0.2) is 0 Å². The van der Waals surface area contributed by atoms with E-state index in [9.17, 15) is 10.2 Å². The van der Waals surface area contributed by atoms with Gasteiger partial charge in [-0.2, -0.15) is 0 Å². The molecule has 2 saturated carbocycles. The molecule has 0 aromatic rings. The van der Waals surface area contributed by atoms with Gasteiger partial charge in [0, 0.05) is 18.0 Å². The zero-order valence-electron chi connectivity index (χ0n) is 9.32. The molecule has 15 heavy (non-hydrogen) atoms. The highest BCUT2D eigenvalue weighted by atomic mass is 16.3. The van der Waals surface area contributed by atoms with Crippen LogP contribution >= 0.6 is 0 Å². The van der Waals surface area contributed by atoms with Crippen LogP contribution < -0.4 is 5.32 Å². The summed E-state index contributed by atoms with van der Waals surface area (Å²) in [5, 5.41) is 23.0. The van der Waals surface area contributed by atoms with Crippen LogP contribution in [0.1, 0.15) is 32.6 Å². The number of hydrogen-bond donors (Lipinski definition) is 3. The van der Waals surface area contributed by atoms with Crippen LogP contribution in [0.2, 0.25) is 0 Å². The van der Waals surface area contributed by atoms with Gasteiger partial charge >= 0.3 is 0 Å². The zero-order chi connectivity index (χ0) is 10.6. The monoisotopic (exact) mass is 211 g/mol. The molecule has 86 valence electrons. The lowest BCUT2D eigenvalue weighted by molar-refractivity contribution is -0.0566. The summed E-state index contributed by atoms with van der Waals surface area (Å²) in [5.74, 6) is 1.86. The number of aliphatic hydroxyl groups excluding tert-OH is 2. The SMILES string of the molecule is C[C@@H]1[C@@H](O)[C@H](O)CNC12CC2C1CCC1. The molecule has 1 heterocycles. The van der Waals surface area contributed by atoms with Crippen LogP contribution in [0.5, 0.6) is 0 Å². The number of hydrogen-bond acceptors (Lipinski definition) is 3. The van der Waals surface area contributed by atoms with Crippen molar-refractivity contribution in [3.05, 3.63) is 0 Å². The number of nitrogens with one attached hydrogen (secondary N) is 1. The quantitative estimate of drug-likeness (QED) is 0.592. The molecule has 3 heteroatoms. The second kappa shape index (κ2) is 3.19. The summed E-state index contributed by atoms with van der Waals surface area (Å²) in [4.78, 5) is 0. The summed E-state index contributed by atoms with van der Waals surface area (Å²) >= 11 is 0. The molecular formula is C12H21NO2. The van der Waals surface area contributed by atoms with Gasteiger partial charge in [-0.3, -0.25) is 0 Å². The van der Waals surface area contributed by atoms with Gasteiger partial charge in [0.25, 0.3) is 0 Å². The fourth-order valence-corrected chi connectivity index (χ4v) is 3.68. The summed E-state index contributed by atoms with van der Waals surface area (Å²) in [7, 11) is 0. The third kappa shape index (κ3) is 1.30. The Morgan fingerprint density at radius 3 is 2.60 bits per heavy atom. The normalized spacial score (nSPS) is 55.4. The molecule has 3 N–H and O–H groups in total. The molecule has 0 aromatic heterocycles. The summed E-state index contributed by atoms with van der Waals surface area (Å²) in [5.41, 5.74) is 0.170. The van der Waals surface area contributed by atoms with E-state index in [1.807, 2.05) is 0 Å². The molecule has 1 saturated heterocycles. The van der Waals surface area contributed by atoms with E-state index in [-0.39, 0.29) is 11.5 Å². The number of β-amino-alcohol motifs (C(OH)–C–C–N with tert-alkyl or cyclic N) is 1. The smallest absolute Gasteiger partial charge is 0.0926 e. The maximum Gasteiger partial charge on any atom is 0.0926 e. The first-order valence-electron chi connectivity index (χ1n) is 6.26. The van der Waals surface area contributed by atoms with Crippen molar-refractivity contribution >= 4 is 0 Å². The maximum atomic E-state index is 9.92. The van der Waals surface area contributed by atoms with Crippen molar-refractivity contribution in [1.29, 1.82) is 0 Å². The van der Waals surface area contributed by atoms with E-state index in [1.165, 1.54) is 25.7 Å². The van der Waals surface area contributed by atoms with Crippen molar-refractivity contribution in [3.63, 3.8) is 0 Å². The van der Waals surface area contributed by atoms with Crippen molar-refractivity contribution in [1.82, 2.24) is 5.32 Å². The molecule has 3 rings (SSSR count). The fraction of sp³-hybridized carbons (Fsp3) is 1.00. The zero-order valence-corrected chi connectivity index (χ0v) is 9.32. The third-order valence-corrected chi connectivity index (χ3v) is 5.14. The van der Waals surface area contributed by atoms with Gasteiger partial charge in [0.1, 0.15) is 0 Å². The highest BCUT2D eigenvalue weighted by molar-refractivity contribution is 5.19. The Balaban J connectivity index is 1.71. The first kappa shape index (κ1) is 10.1. The Labute approximate surface area is 90.9 Å². The second-order valence-electron chi connectivity index (χ2n) is 5.77. The lowest BCUT2D eigenvalue weighted by Crippen LogP contribution is -2.58. The molecule has 0 aromatic carbocycles. The molecular weight excluding hydrogens is 190 g/mol. The molecule has 1 aliphatic heterocycles. The molecule has 0 amide bonds. The van der Waals surface area contributed by atoms with Crippen LogP contribution in [0, 0.1) is 17.8 Å². The van der Waals surface area contributed by atoms with Crippen LogP contribution in [0.3, 0.4) is 0 Å². The average molecular weight is 211 g/mol. The lowest BCUT2D eigenvalue weighted by Gasteiger charge is -2.40. The van der Waals surface area contributed by atoms with Gasteiger partial charge < -0.3 is 15.5 Å². The minimum Gasteiger partial charge on any atom is -0.390 e. The lowest BCUT2D eigenvalue weighted by atomic mass is 9.76. The van der Waals surface area contributed by atoms with Gasteiger partial charge in [-0.15, -0.1) is 0 Å². The van der Waals surface area contributed by atoms with Gasteiger partial charge in [0.15, 0.2) is 0 Å². The molecule has 2 unspecified atom stereocenters. The van der Waals surface area contributed by atoms with Gasteiger partial charge in [-0.05, 0) is 18.3 Å². The van der Waals surface area contributed by atoms with E-state index in [0.29, 0.717) is 6.54 Å². The molecule has 0 radical (unpaired) electrons. The number of rotatable bonds is 1. The number of piperidine rings is 1. The van der Waals surface area contributed by atoms with Crippen molar-refractivity contribution in [3.8, 4) is 0 Å². The van der Waals surface area contributed by atoms with Crippen molar-refractivity contribution in [2.45, 2.75) is 50.4 Å². The first-order chi connectivity index (χ1) is 7.15. The number of aliphatic hydroxyl groups is 2. The Kier molecular flexibility index (Phi) is 2.14. The average Bonchev–Trinajstić information content (AvgIpc) is 2.83. The van der Waals surface area contributed by atoms with E-state index in [1.54, 1.807) is 0 Å². The molecule has 5 atom stereocenters. The van der Waals surface area contributed by atoms with Crippen LogP contribution in [-0.4, -0.2) is 34.5 Å². The predicted molar refractivity (Wildman–Crippen MR) is 57.4 cm³/mol. The van der Waals surface area contributed by atoms with Gasteiger partial charge in [0.2, 0.25) is 0 Å². The van der Waals surface area contributed by atoms with Crippen LogP contribution in [0.25, 0.3) is 0 Å². The van der Waals surface area contributed by atoms with Crippen LogP contribution in [-0.2, 0) is 0 Å². The Morgan fingerprint density at radius 1 is 1.27 bits per heavy atom. The standard InChI is InChI=1S/C12H21NO2/c1-7-11(15)10(14)6-13-12(7)5-9(12)8-3-2-4-8/h7-11,13-15H,2-6H2,1H3/t7-,9?,10-,11-,12?/m1/s1. The fourth-order valence-electron chi connectivity index (χ4n) is 3.68. The second-order valence-corrected chi connectivity index (χ2v) is 5.77. The van der Waals surface area contributed by atoms with E-state index in [0.717, 1.165) is 11.8 Å². The van der Waals surface area contributed by atoms with Crippen molar-refractivity contribution < 1.29 is 10.2 Å². The molecule has 3 aliphatic rings. The highest BCUT2D eigenvalue weighted by Gasteiger charge is 2.64. The summed E-state index contributed by atoms with van der Waals surface area (Å²) in [6.45, 7) is 2.65. The molecule has 2 aliphatic carbocycles. The van der Waals surface area contributed by atoms with E-state index in [4.69, 9.17) is 0 Å². The van der Waals surface area contributed by atoms with Gasteiger partial charge in [-0.25, -0.2) is 0 Å². The maximum absolute atomic E-state index is 9.92. The van der Waals surface area contributed by atoms with Gasteiger partial charge in [-0.1, -0.05) is 26.2 Å². The minimum atomic E-state index is -0.576. The van der Waals surface area contributed by atoms with E-state index >= 15 is 0 Å². The Hall–Kier alpha value is -0.120. The topological polar surface area (TPSA) is 52.5 Å². The minimum absolute atomic E-state index is 0.170. The van der Waals surface area contributed by atoms with Crippen LogP contribution in [0.4, 0.5) is 0 Å².